The van der Waals surface area contributed by atoms with Gasteiger partial charge in [0.1, 0.15) is 11.6 Å². The number of rotatable bonds is 8. The summed E-state index contributed by atoms with van der Waals surface area (Å²) >= 11 is 1.45. The summed E-state index contributed by atoms with van der Waals surface area (Å²) in [6.45, 7) is 7.95. The van der Waals surface area contributed by atoms with Crippen LogP contribution in [0.15, 0.2) is 30.3 Å². The molecule has 34 heavy (non-hydrogen) atoms. The van der Waals surface area contributed by atoms with Crippen LogP contribution in [0.5, 0.6) is 0 Å². The second-order valence-electron chi connectivity index (χ2n) is 10.0. The summed E-state index contributed by atoms with van der Waals surface area (Å²) in [5.74, 6) is 0.624. The first-order valence-electron chi connectivity index (χ1n) is 12.2. The van der Waals surface area contributed by atoms with E-state index in [2.05, 4.69) is 10.0 Å². The molecule has 2 N–H and O–H groups in total. The molecule has 0 bridgehead atoms. The lowest BCUT2D eigenvalue weighted by Gasteiger charge is -2.29. The number of likely N-dealkylation sites (tertiary alicyclic amines) is 2. The van der Waals surface area contributed by atoms with E-state index in [1.54, 1.807) is 4.90 Å². The van der Waals surface area contributed by atoms with Gasteiger partial charge in [-0.3, -0.25) is 14.3 Å². The van der Waals surface area contributed by atoms with Crippen molar-refractivity contribution in [2.75, 3.05) is 26.2 Å². The van der Waals surface area contributed by atoms with Crippen molar-refractivity contribution in [1.82, 2.24) is 19.8 Å². The van der Waals surface area contributed by atoms with Gasteiger partial charge in [0.2, 0.25) is 11.8 Å². The minimum Gasteiger partial charge on any atom is -0.444 e. The first-order chi connectivity index (χ1) is 16.2. The number of nitrogens with zero attached hydrogens (tertiary/aromatic N) is 2. The highest BCUT2D eigenvalue weighted by Gasteiger charge is 2.34. The Balaban J connectivity index is 1.57. The lowest BCUT2D eigenvalue weighted by atomic mass is 10.1. The maximum Gasteiger partial charge on any atom is 0.407 e. The maximum atomic E-state index is 13.4. The lowest BCUT2D eigenvalue weighted by molar-refractivity contribution is -0.138. The molecule has 0 aromatic heterocycles. The van der Waals surface area contributed by atoms with Crippen LogP contribution in [0, 0.1) is 0 Å². The predicted molar refractivity (Wildman–Crippen MR) is 134 cm³/mol. The van der Waals surface area contributed by atoms with Crippen LogP contribution >= 0.6 is 11.9 Å². The highest BCUT2D eigenvalue weighted by molar-refractivity contribution is 7.96. The van der Waals surface area contributed by atoms with E-state index in [9.17, 15) is 14.4 Å². The van der Waals surface area contributed by atoms with E-state index in [1.807, 2.05) is 56.0 Å². The third-order valence-corrected chi connectivity index (χ3v) is 6.84. The SMILES string of the molecule is CC(C)(C)OC(=O)NC1CCN(C(=O)C(CC(=O)N2CCCCC2)NSCc2ccccc2)C1. The Morgan fingerprint density at radius 3 is 2.44 bits per heavy atom. The van der Waals surface area contributed by atoms with Gasteiger partial charge in [-0.05, 0) is 52.0 Å². The minimum absolute atomic E-state index is 0.0217. The number of hydrogen-bond donors (Lipinski definition) is 2. The van der Waals surface area contributed by atoms with Crippen molar-refractivity contribution in [2.24, 2.45) is 0 Å². The molecule has 2 heterocycles. The lowest BCUT2D eigenvalue weighted by Crippen LogP contribution is -2.48. The second kappa shape index (κ2) is 12.4. The van der Waals surface area contributed by atoms with Crippen molar-refractivity contribution >= 4 is 29.9 Å². The van der Waals surface area contributed by atoms with E-state index in [1.165, 1.54) is 11.9 Å². The molecule has 2 fully saturated rings. The smallest absolute Gasteiger partial charge is 0.407 e. The molecule has 2 unspecified atom stereocenters. The fourth-order valence-corrected chi connectivity index (χ4v) is 5.03. The van der Waals surface area contributed by atoms with Crippen molar-refractivity contribution in [3.8, 4) is 0 Å². The summed E-state index contributed by atoms with van der Waals surface area (Å²) in [5.41, 5.74) is 0.578. The zero-order valence-electron chi connectivity index (χ0n) is 20.5. The molecule has 2 atom stereocenters. The van der Waals surface area contributed by atoms with Crippen molar-refractivity contribution in [3.63, 3.8) is 0 Å². The van der Waals surface area contributed by atoms with Gasteiger partial charge < -0.3 is 19.9 Å². The summed E-state index contributed by atoms with van der Waals surface area (Å²) in [5, 5.41) is 2.86. The van der Waals surface area contributed by atoms with Gasteiger partial charge >= 0.3 is 6.09 Å². The number of hydrogen-bond acceptors (Lipinski definition) is 6. The van der Waals surface area contributed by atoms with Gasteiger partial charge in [-0.2, -0.15) is 0 Å². The van der Waals surface area contributed by atoms with Crippen LogP contribution in [-0.4, -0.2) is 71.6 Å². The molecule has 2 aliphatic heterocycles. The van der Waals surface area contributed by atoms with Gasteiger partial charge in [0.05, 0.1) is 12.5 Å². The monoisotopic (exact) mass is 490 g/mol. The van der Waals surface area contributed by atoms with Gasteiger partial charge in [0.15, 0.2) is 0 Å². The highest BCUT2D eigenvalue weighted by atomic mass is 32.2. The molecule has 0 aliphatic carbocycles. The van der Waals surface area contributed by atoms with Crippen molar-refractivity contribution in [1.29, 1.82) is 0 Å². The van der Waals surface area contributed by atoms with Gasteiger partial charge in [0.25, 0.3) is 0 Å². The number of amides is 3. The number of carbonyl (C=O) groups is 3. The van der Waals surface area contributed by atoms with Crippen LogP contribution in [0.3, 0.4) is 0 Å². The van der Waals surface area contributed by atoms with E-state index in [4.69, 9.17) is 4.74 Å². The third-order valence-electron chi connectivity index (χ3n) is 5.91. The molecule has 3 amide bonds. The number of carbonyl (C=O) groups excluding carboxylic acids is 3. The average molecular weight is 491 g/mol. The van der Waals surface area contributed by atoms with E-state index >= 15 is 0 Å². The molecule has 3 rings (SSSR count). The third kappa shape index (κ3) is 8.51. The molecular formula is C25H38N4O4S. The molecule has 8 nitrogen and oxygen atoms in total. The molecular weight excluding hydrogens is 452 g/mol. The van der Waals surface area contributed by atoms with E-state index in [-0.39, 0.29) is 24.3 Å². The molecule has 0 spiro atoms. The van der Waals surface area contributed by atoms with Crippen LogP contribution in [-0.2, 0) is 20.1 Å². The van der Waals surface area contributed by atoms with Gasteiger partial charge in [-0.1, -0.05) is 42.3 Å². The number of ether oxygens (including phenoxy) is 1. The molecule has 188 valence electrons. The quantitative estimate of drug-likeness (QED) is 0.544. The van der Waals surface area contributed by atoms with Crippen LogP contribution in [0.2, 0.25) is 0 Å². The number of nitrogens with one attached hydrogen (secondary N) is 2. The van der Waals surface area contributed by atoms with Crippen LogP contribution < -0.4 is 10.0 Å². The Labute approximate surface area is 207 Å². The number of piperidine rings is 1. The zero-order chi connectivity index (χ0) is 24.6. The van der Waals surface area contributed by atoms with E-state index in [0.717, 1.165) is 37.9 Å². The van der Waals surface area contributed by atoms with Crippen LogP contribution in [0.1, 0.15) is 58.4 Å². The first kappa shape index (κ1) is 26.3. The Bertz CT molecular complexity index is 824. The maximum absolute atomic E-state index is 13.4. The Morgan fingerprint density at radius 2 is 1.76 bits per heavy atom. The van der Waals surface area contributed by atoms with Crippen molar-refractivity contribution in [3.05, 3.63) is 35.9 Å². The van der Waals surface area contributed by atoms with Crippen molar-refractivity contribution in [2.45, 2.75) is 76.3 Å². The van der Waals surface area contributed by atoms with Crippen LogP contribution in [0.4, 0.5) is 4.79 Å². The summed E-state index contributed by atoms with van der Waals surface area (Å²) in [7, 11) is 0. The standard InChI is InChI=1S/C25H38N4O4S/c1-25(2,3)33-24(32)26-20-12-15-29(17-20)23(31)21(16-22(30)28-13-8-5-9-14-28)27-34-18-19-10-6-4-7-11-19/h4,6-7,10-11,20-21,27H,5,8-9,12-18H2,1-3H3,(H,26,32). The average Bonchev–Trinajstić information content (AvgIpc) is 3.26. The topological polar surface area (TPSA) is 91.0 Å². The molecule has 9 heteroatoms. The number of alkyl carbamates (subject to hydrolysis) is 1. The fourth-order valence-electron chi connectivity index (χ4n) is 4.20. The molecule has 1 aromatic carbocycles. The molecule has 2 saturated heterocycles. The largest absolute Gasteiger partial charge is 0.444 e. The molecule has 0 saturated carbocycles. The predicted octanol–water partition coefficient (Wildman–Crippen LogP) is 3.32. The van der Waals surface area contributed by atoms with Gasteiger partial charge in [0, 0.05) is 31.9 Å². The Hall–Kier alpha value is -2.26. The summed E-state index contributed by atoms with van der Waals surface area (Å²) in [6, 6.07) is 9.26. The highest BCUT2D eigenvalue weighted by Crippen LogP contribution is 2.18. The normalized spacial score (nSPS) is 19.6. The van der Waals surface area contributed by atoms with Gasteiger partial charge in [-0.15, -0.1) is 0 Å². The molecule has 0 radical (unpaired) electrons. The number of benzene rings is 1. The van der Waals surface area contributed by atoms with Crippen LogP contribution in [0.25, 0.3) is 0 Å². The minimum atomic E-state index is -0.608. The zero-order valence-corrected chi connectivity index (χ0v) is 21.4. The molecule has 2 aliphatic rings. The molecule has 1 aromatic rings. The summed E-state index contributed by atoms with van der Waals surface area (Å²) in [6.07, 6.45) is 3.52. The second-order valence-corrected chi connectivity index (χ2v) is 10.8. The summed E-state index contributed by atoms with van der Waals surface area (Å²) < 4.78 is 8.61. The first-order valence-corrected chi connectivity index (χ1v) is 13.2. The fraction of sp³-hybridized carbons (Fsp3) is 0.640. The Morgan fingerprint density at radius 1 is 1.06 bits per heavy atom. The Kier molecular flexibility index (Phi) is 9.64. The van der Waals surface area contributed by atoms with Crippen molar-refractivity contribution < 1.29 is 19.1 Å². The van der Waals surface area contributed by atoms with E-state index in [0.29, 0.717) is 25.3 Å². The van der Waals surface area contributed by atoms with E-state index < -0.39 is 17.7 Å². The van der Waals surface area contributed by atoms with Gasteiger partial charge in [-0.25, -0.2) is 4.79 Å². The summed E-state index contributed by atoms with van der Waals surface area (Å²) in [4.78, 5) is 42.1.